The standard InChI is InChI=1S/C18H19NO3S/c1-12-3-5-14(23-2)10-15(12)18(20)19-11-13-4-6-16-17(9-13)22-8-7-21-16/h3-6,9-10H,7-8,11H2,1-2H3,(H,19,20). The summed E-state index contributed by atoms with van der Waals surface area (Å²) >= 11 is 1.63. The second-order valence-corrected chi connectivity index (χ2v) is 6.22. The summed E-state index contributed by atoms with van der Waals surface area (Å²) in [5.74, 6) is 1.44. The van der Waals surface area contributed by atoms with E-state index >= 15 is 0 Å². The molecule has 0 fully saturated rings. The summed E-state index contributed by atoms with van der Waals surface area (Å²) in [6, 6.07) is 11.7. The first-order chi connectivity index (χ1) is 11.2. The summed E-state index contributed by atoms with van der Waals surface area (Å²) in [4.78, 5) is 13.5. The van der Waals surface area contributed by atoms with E-state index in [2.05, 4.69) is 5.32 Å². The number of thioether (sulfide) groups is 1. The van der Waals surface area contributed by atoms with Crippen molar-refractivity contribution in [3.63, 3.8) is 0 Å². The van der Waals surface area contributed by atoms with E-state index in [0.717, 1.165) is 33.1 Å². The number of rotatable bonds is 4. The molecule has 120 valence electrons. The Hall–Kier alpha value is -2.14. The van der Waals surface area contributed by atoms with Crippen LogP contribution in [-0.4, -0.2) is 25.4 Å². The van der Waals surface area contributed by atoms with Gasteiger partial charge in [-0.25, -0.2) is 0 Å². The molecule has 0 spiro atoms. The van der Waals surface area contributed by atoms with Gasteiger partial charge in [0.25, 0.3) is 5.91 Å². The minimum Gasteiger partial charge on any atom is -0.486 e. The quantitative estimate of drug-likeness (QED) is 0.873. The molecular formula is C18H19NO3S. The van der Waals surface area contributed by atoms with Crippen molar-refractivity contribution in [1.82, 2.24) is 5.32 Å². The third-order valence-electron chi connectivity index (χ3n) is 3.75. The second-order valence-electron chi connectivity index (χ2n) is 5.34. The van der Waals surface area contributed by atoms with Gasteiger partial charge < -0.3 is 14.8 Å². The summed E-state index contributed by atoms with van der Waals surface area (Å²) < 4.78 is 11.1. The number of carbonyl (C=O) groups excluding carboxylic acids is 1. The van der Waals surface area contributed by atoms with E-state index in [9.17, 15) is 4.79 Å². The van der Waals surface area contributed by atoms with Crippen molar-refractivity contribution in [2.24, 2.45) is 0 Å². The van der Waals surface area contributed by atoms with Crippen LogP contribution < -0.4 is 14.8 Å². The molecule has 0 radical (unpaired) electrons. The molecule has 1 N–H and O–H groups in total. The van der Waals surface area contributed by atoms with Crippen molar-refractivity contribution in [3.05, 3.63) is 53.1 Å². The lowest BCUT2D eigenvalue weighted by molar-refractivity contribution is 0.0950. The van der Waals surface area contributed by atoms with Gasteiger partial charge in [-0.1, -0.05) is 12.1 Å². The van der Waals surface area contributed by atoms with Crippen LogP contribution in [0.2, 0.25) is 0 Å². The zero-order valence-electron chi connectivity index (χ0n) is 13.2. The molecule has 0 aromatic heterocycles. The zero-order chi connectivity index (χ0) is 16.2. The van der Waals surface area contributed by atoms with Crippen LogP contribution in [0.5, 0.6) is 11.5 Å². The highest BCUT2D eigenvalue weighted by molar-refractivity contribution is 7.98. The minimum absolute atomic E-state index is 0.0618. The SMILES string of the molecule is CSc1ccc(C)c(C(=O)NCc2ccc3c(c2)OCCO3)c1. The molecule has 1 heterocycles. The van der Waals surface area contributed by atoms with E-state index in [1.165, 1.54) is 0 Å². The van der Waals surface area contributed by atoms with Gasteiger partial charge in [-0.15, -0.1) is 11.8 Å². The van der Waals surface area contributed by atoms with Crippen molar-refractivity contribution in [3.8, 4) is 11.5 Å². The van der Waals surface area contributed by atoms with Crippen LogP contribution in [0.3, 0.4) is 0 Å². The second kappa shape index (κ2) is 6.96. The molecule has 0 atom stereocenters. The van der Waals surface area contributed by atoms with Crippen LogP contribution >= 0.6 is 11.8 Å². The van der Waals surface area contributed by atoms with E-state index in [0.29, 0.717) is 19.8 Å². The van der Waals surface area contributed by atoms with Gasteiger partial charge in [0.2, 0.25) is 0 Å². The van der Waals surface area contributed by atoms with Gasteiger partial charge in [0.1, 0.15) is 13.2 Å². The Morgan fingerprint density at radius 3 is 2.70 bits per heavy atom. The first kappa shape index (κ1) is 15.7. The molecule has 2 aromatic carbocycles. The molecule has 1 amide bonds. The molecule has 5 heteroatoms. The third kappa shape index (κ3) is 3.62. The van der Waals surface area contributed by atoms with Crippen LogP contribution in [0.25, 0.3) is 0 Å². The Labute approximate surface area is 140 Å². The summed E-state index contributed by atoms with van der Waals surface area (Å²) in [5.41, 5.74) is 2.68. The van der Waals surface area contributed by atoms with E-state index in [-0.39, 0.29) is 5.91 Å². The van der Waals surface area contributed by atoms with Crippen LogP contribution in [0, 0.1) is 6.92 Å². The van der Waals surface area contributed by atoms with Crippen molar-refractivity contribution in [1.29, 1.82) is 0 Å². The Bertz CT molecular complexity index is 730. The maximum absolute atomic E-state index is 12.4. The van der Waals surface area contributed by atoms with Gasteiger partial charge in [-0.05, 0) is 48.6 Å². The fraction of sp³-hybridized carbons (Fsp3) is 0.278. The van der Waals surface area contributed by atoms with E-state index < -0.39 is 0 Å². The summed E-state index contributed by atoms with van der Waals surface area (Å²) in [6.07, 6.45) is 2.00. The average Bonchev–Trinajstić information content (AvgIpc) is 2.60. The molecule has 4 nitrogen and oxygen atoms in total. The number of carbonyl (C=O) groups is 1. The number of benzene rings is 2. The lowest BCUT2D eigenvalue weighted by Gasteiger charge is -2.19. The third-order valence-corrected chi connectivity index (χ3v) is 4.47. The molecule has 3 rings (SSSR count). The van der Waals surface area contributed by atoms with Crippen molar-refractivity contribution in [2.45, 2.75) is 18.4 Å². The summed E-state index contributed by atoms with van der Waals surface area (Å²) in [5, 5.41) is 2.97. The monoisotopic (exact) mass is 329 g/mol. The maximum atomic E-state index is 12.4. The lowest BCUT2D eigenvalue weighted by Crippen LogP contribution is -2.24. The Morgan fingerprint density at radius 1 is 1.13 bits per heavy atom. The maximum Gasteiger partial charge on any atom is 0.251 e. The smallest absolute Gasteiger partial charge is 0.251 e. The van der Waals surface area contributed by atoms with Gasteiger partial charge in [0.05, 0.1) is 0 Å². The molecule has 1 aliphatic rings. The summed E-state index contributed by atoms with van der Waals surface area (Å²) in [7, 11) is 0. The number of fused-ring (bicyclic) bond motifs is 1. The zero-order valence-corrected chi connectivity index (χ0v) is 14.0. The van der Waals surface area contributed by atoms with Gasteiger partial charge >= 0.3 is 0 Å². The van der Waals surface area contributed by atoms with E-state index in [1.807, 2.05) is 49.6 Å². The topological polar surface area (TPSA) is 47.6 Å². The molecule has 0 aliphatic carbocycles. The highest BCUT2D eigenvalue weighted by Crippen LogP contribution is 2.30. The number of nitrogens with one attached hydrogen (secondary N) is 1. The molecular weight excluding hydrogens is 310 g/mol. The predicted molar refractivity (Wildman–Crippen MR) is 91.6 cm³/mol. The minimum atomic E-state index is -0.0618. The molecule has 1 aliphatic heterocycles. The number of aryl methyl sites for hydroxylation is 1. The van der Waals surface area contributed by atoms with Gasteiger partial charge in [-0.2, -0.15) is 0 Å². The number of ether oxygens (including phenoxy) is 2. The normalized spacial score (nSPS) is 12.8. The van der Waals surface area contributed by atoms with Crippen molar-refractivity contribution in [2.75, 3.05) is 19.5 Å². The summed E-state index contributed by atoms with van der Waals surface area (Å²) in [6.45, 7) is 3.54. The fourth-order valence-electron chi connectivity index (χ4n) is 2.45. The van der Waals surface area contributed by atoms with Crippen molar-refractivity contribution >= 4 is 17.7 Å². The van der Waals surface area contributed by atoms with E-state index in [1.54, 1.807) is 11.8 Å². The predicted octanol–water partition coefficient (Wildman–Crippen LogP) is 3.42. The molecule has 0 saturated heterocycles. The Kier molecular flexibility index (Phi) is 4.76. The Balaban J connectivity index is 1.69. The van der Waals surface area contributed by atoms with Gasteiger partial charge in [0.15, 0.2) is 11.5 Å². The van der Waals surface area contributed by atoms with Crippen LogP contribution in [0.15, 0.2) is 41.3 Å². The Morgan fingerprint density at radius 2 is 1.91 bits per heavy atom. The largest absolute Gasteiger partial charge is 0.486 e. The fourth-order valence-corrected chi connectivity index (χ4v) is 2.89. The molecule has 0 saturated carbocycles. The van der Waals surface area contributed by atoms with Gasteiger partial charge in [-0.3, -0.25) is 4.79 Å². The molecule has 23 heavy (non-hydrogen) atoms. The first-order valence-electron chi connectivity index (χ1n) is 7.49. The average molecular weight is 329 g/mol. The molecule has 2 aromatic rings. The van der Waals surface area contributed by atoms with Crippen LogP contribution in [0.4, 0.5) is 0 Å². The number of amides is 1. The van der Waals surface area contributed by atoms with Crippen LogP contribution in [-0.2, 0) is 6.54 Å². The molecule has 0 bridgehead atoms. The van der Waals surface area contributed by atoms with Crippen molar-refractivity contribution < 1.29 is 14.3 Å². The van der Waals surface area contributed by atoms with Gasteiger partial charge in [0, 0.05) is 17.0 Å². The highest BCUT2D eigenvalue weighted by Gasteiger charge is 2.13. The lowest BCUT2D eigenvalue weighted by atomic mass is 10.1. The van der Waals surface area contributed by atoms with Crippen LogP contribution in [0.1, 0.15) is 21.5 Å². The number of hydrogen-bond donors (Lipinski definition) is 1. The first-order valence-corrected chi connectivity index (χ1v) is 8.71. The number of hydrogen-bond acceptors (Lipinski definition) is 4. The van der Waals surface area contributed by atoms with E-state index in [4.69, 9.17) is 9.47 Å². The highest BCUT2D eigenvalue weighted by atomic mass is 32.2. The molecule has 0 unspecified atom stereocenters.